The molecule has 0 bridgehead atoms. The first-order valence-electron chi connectivity index (χ1n) is 6.26. The van der Waals surface area contributed by atoms with Crippen LogP contribution in [0.25, 0.3) is 0 Å². The Morgan fingerprint density at radius 3 is 3.11 bits per heavy atom. The molecule has 1 aromatic heterocycles. The molecule has 0 saturated heterocycles. The highest BCUT2D eigenvalue weighted by Crippen LogP contribution is 2.03. The van der Waals surface area contributed by atoms with E-state index < -0.39 is 0 Å². The van der Waals surface area contributed by atoms with Gasteiger partial charge in [0.05, 0.1) is 12.2 Å². The number of nitrogens with two attached hydrogens (primary N) is 1. The van der Waals surface area contributed by atoms with Crippen molar-refractivity contribution >= 4 is 5.96 Å². The Bertz CT molecular complexity index is 379. The summed E-state index contributed by atoms with van der Waals surface area (Å²) in [6.07, 6.45) is 2.69. The topological polar surface area (TPSA) is 72.5 Å². The second kappa shape index (κ2) is 8.47. The molecular formula is C13H22N4O. The first kappa shape index (κ1) is 14.4. The van der Waals surface area contributed by atoms with Gasteiger partial charge in [-0.1, -0.05) is 6.07 Å². The van der Waals surface area contributed by atoms with E-state index in [0.717, 1.165) is 37.4 Å². The van der Waals surface area contributed by atoms with Crippen molar-refractivity contribution in [3.63, 3.8) is 0 Å². The van der Waals surface area contributed by atoms with Crippen LogP contribution in [0.4, 0.5) is 0 Å². The molecular weight excluding hydrogens is 228 g/mol. The monoisotopic (exact) mass is 250 g/mol. The number of nitrogens with one attached hydrogen (secondary N) is 1. The SMILES string of the molecule is CCOCCCNC(N)=NCc1ncccc1C. The molecule has 0 fully saturated rings. The quantitative estimate of drug-likeness (QED) is 0.433. The molecule has 3 N–H and O–H groups in total. The summed E-state index contributed by atoms with van der Waals surface area (Å²) in [5.41, 5.74) is 7.84. The highest BCUT2D eigenvalue weighted by atomic mass is 16.5. The van der Waals surface area contributed by atoms with E-state index in [0.29, 0.717) is 12.5 Å². The predicted molar refractivity (Wildman–Crippen MR) is 73.4 cm³/mol. The van der Waals surface area contributed by atoms with E-state index >= 15 is 0 Å². The summed E-state index contributed by atoms with van der Waals surface area (Å²) in [4.78, 5) is 8.51. The maximum atomic E-state index is 5.76. The summed E-state index contributed by atoms with van der Waals surface area (Å²) in [5.74, 6) is 0.455. The third-order valence-electron chi connectivity index (χ3n) is 2.49. The molecule has 0 spiro atoms. The number of aromatic nitrogens is 1. The van der Waals surface area contributed by atoms with Crippen molar-refractivity contribution in [3.8, 4) is 0 Å². The maximum Gasteiger partial charge on any atom is 0.188 e. The van der Waals surface area contributed by atoms with Crippen LogP contribution in [0.2, 0.25) is 0 Å². The molecule has 1 rings (SSSR count). The van der Waals surface area contributed by atoms with Crippen LogP contribution in [0.15, 0.2) is 23.3 Å². The lowest BCUT2D eigenvalue weighted by Crippen LogP contribution is -2.32. The molecule has 0 saturated carbocycles. The molecule has 18 heavy (non-hydrogen) atoms. The highest BCUT2D eigenvalue weighted by Gasteiger charge is 1.97. The van der Waals surface area contributed by atoms with Gasteiger partial charge in [0.2, 0.25) is 0 Å². The minimum atomic E-state index is 0.455. The number of rotatable bonds is 7. The van der Waals surface area contributed by atoms with Crippen LogP contribution in [0.3, 0.4) is 0 Å². The molecule has 0 atom stereocenters. The summed E-state index contributed by atoms with van der Waals surface area (Å²) in [7, 11) is 0. The van der Waals surface area contributed by atoms with E-state index in [9.17, 15) is 0 Å². The molecule has 0 amide bonds. The number of ether oxygens (including phenoxy) is 1. The Kier molecular flexibility index (Phi) is 6.79. The van der Waals surface area contributed by atoms with Crippen molar-refractivity contribution in [3.05, 3.63) is 29.6 Å². The standard InChI is InChI=1S/C13H22N4O/c1-3-18-9-5-8-16-13(14)17-10-12-11(2)6-4-7-15-12/h4,6-7H,3,5,8-10H2,1-2H3,(H3,14,16,17). The molecule has 0 radical (unpaired) electrons. The zero-order valence-corrected chi connectivity index (χ0v) is 11.1. The van der Waals surface area contributed by atoms with E-state index in [1.54, 1.807) is 6.20 Å². The number of nitrogens with zero attached hydrogens (tertiary/aromatic N) is 2. The van der Waals surface area contributed by atoms with Crippen LogP contribution in [-0.2, 0) is 11.3 Å². The van der Waals surface area contributed by atoms with Crippen LogP contribution in [0, 0.1) is 6.92 Å². The van der Waals surface area contributed by atoms with Crippen molar-refractivity contribution < 1.29 is 4.74 Å². The molecule has 0 aliphatic carbocycles. The van der Waals surface area contributed by atoms with Gasteiger partial charge in [0.15, 0.2) is 5.96 Å². The fourth-order valence-corrected chi connectivity index (χ4v) is 1.43. The minimum Gasteiger partial charge on any atom is -0.382 e. The Hall–Kier alpha value is -1.62. The van der Waals surface area contributed by atoms with Crippen LogP contribution < -0.4 is 11.1 Å². The van der Waals surface area contributed by atoms with Gasteiger partial charge in [-0.25, -0.2) is 4.99 Å². The van der Waals surface area contributed by atoms with Gasteiger partial charge in [0, 0.05) is 26.0 Å². The van der Waals surface area contributed by atoms with Crippen molar-refractivity contribution in [1.82, 2.24) is 10.3 Å². The first-order valence-corrected chi connectivity index (χ1v) is 6.26. The fourth-order valence-electron chi connectivity index (χ4n) is 1.43. The molecule has 0 aliphatic heterocycles. The summed E-state index contributed by atoms with van der Waals surface area (Å²) in [6, 6.07) is 3.93. The minimum absolute atomic E-state index is 0.455. The van der Waals surface area contributed by atoms with Crippen LogP contribution in [0.5, 0.6) is 0 Å². The first-order chi connectivity index (χ1) is 8.74. The fraction of sp³-hybridized carbons (Fsp3) is 0.538. The largest absolute Gasteiger partial charge is 0.382 e. The highest BCUT2D eigenvalue weighted by molar-refractivity contribution is 5.77. The van der Waals surface area contributed by atoms with Crippen molar-refractivity contribution in [2.45, 2.75) is 26.8 Å². The Balaban J connectivity index is 2.27. The number of guanidine groups is 1. The third kappa shape index (κ3) is 5.63. The molecule has 0 aromatic carbocycles. The normalized spacial score (nSPS) is 11.6. The summed E-state index contributed by atoms with van der Waals surface area (Å²) in [6.45, 7) is 6.79. The van der Waals surface area contributed by atoms with Gasteiger partial charge in [-0.15, -0.1) is 0 Å². The van der Waals surface area contributed by atoms with E-state index in [2.05, 4.69) is 15.3 Å². The van der Waals surface area contributed by atoms with E-state index in [-0.39, 0.29) is 0 Å². The number of aliphatic imine (C=N–C) groups is 1. The molecule has 5 nitrogen and oxygen atoms in total. The number of hydrogen-bond acceptors (Lipinski definition) is 3. The molecule has 100 valence electrons. The van der Waals surface area contributed by atoms with E-state index in [1.807, 2.05) is 26.0 Å². The zero-order valence-electron chi connectivity index (χ0n) is 11.1. The van der Waals surface area contributed by atoms with Gasteiger partial charge in [0.25, 0.3) is 0 Å². The van der Waals surface area contributed by atoms with Crippen LogP contribution in [-0.4, -0.2) is 30.7 Å². The van der Waals surface area contributed by atoms with Gasteiger partial charge in [-0.3, -0.25) is 4.98 Å². The maximum absolute atomic E-state index is 5.76. The number of aryl methyl sites for hydroxylation is 1. The molecule has 0 unspecified atom stereocenters. The summed E-state index contributed by atoms with van der Waals surface area (Å²) >= 11 is 0. The smallest absolute Gasteiger partial charge is 0.188 e. The summed E-state index contributed by atoms with van der Waals surface area (Å²) in [5, 5.41) is 3.05. The second-order valence-corrected chi connectivity index (χ2v) is 3.95. The average molecular weight is 250 g/mol. The summed E-state index contributed by atoms with van der Waals surface area (Å²) < 4.78 is 5.23. The second-order valence-electron chi connectivity index (χ2n) is 3.95. The van der Waals surface area contributed by atoms with Crippen molar-refractivity contribution in [2.75, 3.05) is 19.8 Å². The third-order valence-corrected chi connectivity index (χ3v) is 2.49. The van der Waals surface area contributed by atoms with Gasteiger partial charge in [0.1, 0.15) is 0 Å². The molecule has 1 aromatic rings. The lowest BCUT2D eigenvalue weighted by atomic mass is 10.2. The lowest BCUT2D eigenvalue weighted by molar-refractivity contribution is 0.145. The molecule has 0 aliphatic rings. The van der Waals surface area contributed by atoms with Crippen molar-refractivity contribution in [2.24, 2.45) is 10.7 Å². The van der Waals surface area contributed by atoms with Gasteiger partial charge < -0.3 is 15.8 Å². The number of pyridine rings is 1. The van der Waals surface area contributed by atoms with Crippen LogP contribution >= 0.6 is 0 Å². The molecule has 5 heteroatoms. The predicted octanol–water partition coefficient (Wildman–Crippen LogP) is 1.22. The van der Waals surface area contributed by atoms with E-state index in [4.69, 9.17) is 10.5 Å². The lowest BCUT2D eigenvalue weighted by Gasteiger charge is -2.06. The zero-order chi connectivity index (χ0) is 13.2. The van der Waals surface area contributed by atoms with Gasteiger partial charge >= 0.3 is 0 Å². The van der Waals surface area contributed by atoms with E-state index in [1.165, 1.54) is 0 Å². The van der Waals surface area contributed by atoms with Crippen LogP contribution in [0.1, 0.15) is 24.6 Å². The van der Waals surface area contributed by atoms with Crippen molar-refractivity contribution in [1.29, 1.82) is 0 Å². The van der Waals surface area contributed by atoms with Gasteiger partial charge in [-0.2, -0.15) is 0 Å². The number of hydrogen-bond donors (Lipinski definition) is 2. The van der Waals surface area contributed by atoms with Gasteiger partial charge in [-0.05, 0) is 31.9 Å². The Morgan fingerprint density at radius 2 is 2.39 bits per heavy atom. The Morgan fingerprint density at radius 1 is 1.56 bits per heavy atom. The molecule has 1 heterocycles. The Labute approximate surface area is 108 Å². The average Bonchev–Trinajstić information content (AvgIpc) is 2.37.